The third-order valence-electron chi connectivity index (χ3n) is 8.83. The summed E-state index contributed by atoms with van der Waals surface area (Å²) in [7, 11) is 1.97. The van der Waals surface area contributed by atoms with E-state index in [0.29, 0.717) is 19.4 Å². The number of amides is 1. The van der Waals surface area contributed by atoms with Gasteiger partial charge in [0.25, 0.3) is 5.91 Å². The van der Waals surface area contributed by atoms with Gasteiger partial charge in [-0.3, -0.25) is 14.4 Å². The molecule has 1 amide bonds. The summed E-state index contributed by atoms with van der Waals surface area (Å²) < 4.78 is 22.3. The van der Waals surface area contributed by atoms with E-state index in [1.165, 1.54) is 6.92 Å². The molecule has 2 aliphatic carbocycles. The number of aromatic hydroxyl groups is 1. The third-order valence-corrected chi connectivity index (χ3v) is 8.83. The minimum atomic E-state index is -1.40. The van der Waals surface area contributed by atoms with Gasteiger partial charge in [0.15, 0.2) is 23.7 Å². The highest BCUT2D eigenvalue weighted by atomic mass is 16.6. The lowest BCUT2D eigenvalue weighted by molar-refractivity contribution is -0.170. The molecule has 6 atom stereocenters. The number of phenols is 1. The number of phenolic OH excluding ortho intramolecular Hbond substituents is 1. The number of nitrogens with zero attached hydrogens (tertiary/aromatic N) is 1. The number of hydrogen-bond acceptors (Lipinski definition) is 11. The van der Waals surface area contributed by atoms with Gasteiger partial charge in [-0.05, 0) is 57.0 Å². The second kappa shape index (κ2) is 10.9. The summed E-state index contributed by atoms with van der Waals surface area (Å²) in [6, 6.07) is 1.82. The molecule has 0 saturated carbocycles. The number of aliphatic hydroxyl groups is 1. The molecule has 0 unspecified atom stereocenters. The van der Waals surface area contributed by atoms with Crippen molar-refractivity contribution in [1.82, 2.24) is 10.2 Å². The van der Waals surface area contributed by atoms with E-state index >= 15 is 0 Å². The van der Waals surface area contributed by atoms with Gasteiger partial charge in [0, 0.05) is 24.9 Å². The molecule has 2 aliphatic heterocycles. The molecule has 0 aromatic heterocycles. The second-order valence-electron chi connectivity index (χ2n) is 12.1. The van der Waals surface area contributed by atoms with Gasteiger partial charge in [0.2, 0.25) is 0 Å². The molecule has 1 saturated heterocycles. The van der Waals surface area contributed by atoms with Crippen molar-refractivity contribution in [3.05, 3.63) is 35.1 Å². The second-order valence-corrected chi connectivity index (χ2v) is 12.1. The maximum absolute atomic E-state index is 13.3. The molecule has 1 spiro atoms. The highest BCUT2D eigenvalue weighted by molar-refractivity contribution is 5.90. The van der Waals surface area contributed by atoms with Crippen molar-refractivity contribution in [2.24, 2.45) is 5.92 Å². The lowest BCUT2D eigenvalue weighted by Gasteiger charge is -2.61. The molecule has 42 heavy (non-hydrogen) atoms. The molecule has 1 aromatic rings. The number of hydrogen-bond donors (Lipinski definition) is 3. The Bertz CT molecular complexity index is 1340. The summed E-state index contributed by atoms with van der Waals surface area (Å²) in [6.45, 7) is 6.92. The lowest BCUT2D eigenvalue weighted by atomic mass is 9.50. The average Bonchev–Trinajstić information content (AvgIpc) is 3.27. The van der Waals surface area contributed by atoms with E-state index in [-0.39, 0.29) is 42.2 Å². The Morgan fingerprint density at radius 3 is 2.64 bits per heavy atom. The van der Waals surface area contributed by atoms with Crippen LogP contribution in [0.25, 0.3) is 0 Å². The number of rotatable bonds is 9. The molecule has 12 nitrogen and oxygen atoms in total. The minimum absolute atomic E-state index is 0.0129. The summed E-state index contributed by atoms with van der Waals surface area (Å²) in [5.41, 5.74) is -0.449. The van der Waals surface area contributed by atoms with Crippen LogP contribution in [-0.2, 0) is 45.2 Å². The number of piperidine rings is 1. The molecule has 1 fully saturated rings. The van der Waals surface area contributed by atoms with Gasteiger partial charge in [-0.2, -0.15) is 0 Å². The predicted molar refractivity (Wildman–Crippen MR) is 146 cm³/mol. The van der Waals surface area contributed by atoms with Gasteiger partial charge in [0.05, 0.1) is 24.0 Å². The normalized spacial score (nSPS) is 28.5. The molecule has 12 heteroatoms. The Morgan fingerprint density at radius 2 is 1.95 bits per heavy atom. The van der Waals surface area contributed by atoms with Gasteiger partial charge in [-0.25, -0.2) is 4.79 Å². The molecule has 3 N–H and O–H groups in total. The smallest absolute Gasteiger partial charge is 0.329 e. The van der Waals surface area contributed by atoms with Gasteiger partial charge >= 0.3 is 17.9 Å². The number of benzene rings is 1. The zero-order valence-electron chi connectivity index (χ0n) is 24.5. The zero-order valence-corrected chi connectivity index (χ0v) is 24.5. The van der Waals surface area contributed by atoms with E-state index in [4.69, 9.17) is 18.9 Å². The van der Waals surface area contributed by atoms with Crippen molar-refractivity contribution < 1.29 is 48.3 Å². The number of ether oxygens (including phenoxy) is 4. The highest BCUT2D eigenvalue weighted by Gasteiger charge is 2.72. The van der Waals surface area contributed by atoms with E-state index < -0.39 is 59.5 Å². The molecule has 4 aliphatic rings. The minimum Gasteiger partial charge on any atom is -0.504 e. The maximum atomic E-state index is 13.3. The first-order chi connectivity index (χ1) is 19.8. The summed E-state index contributed by atoms with van der Waals surface area (Å²) in [5.74, 6) is -2.71. The number of carbonyl (C=O) groups excluding carboxylic acids is 4. The summed E-state index contributed by atoms with van der Waals surface area (Å²) >= 11 is 0. The van der Waals surface area contributed by atoms with Crippen molar-refractivity contribution in [3.8, 4) is 11.5 Å². The largest absolute Gasteiger partial charge is 0.504 e. The van der Waals surface area contributed by atoms with Crippen molar-refractivity contribution >= 4 is 23.8 Å². The molecule has 2 heterocycles. The number of carbonyl (C=O) groups is 4. The molecular weight excluding hydrogens is 548 g/mol. The fraction of sp³-hybridized carbons (Fsp3) is 0.600. The molecule has 2 bridgehead atoms. The standard InChI is InChI=1S/C30H38N2O10/c1-15(2)14-39-28(37)19(31-27(36)16(3)40-17(4)33)13-23(35)41-21-8-9-30(38)22-12-18-6-7-20(34)25-24(18)29(30,26(21)42-25)10-11-32(22)5/h6-8,15-16,19,22,26,34,38H,9-14H2,1-5H3,(H,31,36)/t16-,19-,22+,26-,29-,30+/m0/s1. The Hall–Kier alpha value is -3.64. The van der Waals surface area contributed by atoms with E-state index in [1.807, 2.05) is 27.0 Å². The van der Waals surface area contributed by atoms with E-state index in [1.54, 1.807) is 12.1 Å². The van der Waals surface area contributed by atoms with E-state index in [0.717, 1.165) is 18.1 Å². The SMILES string of the molecule is CC(=O)O[C@@H](C)C(=O)N[C@@H](CC(=O)OC1=CC[C@@]2(O)[C@H]3Cc4ccc(O)c5c4[C@@]2(CCN3C)[C@H]1O5)C(=O)OCC(C)C. The van der Waals surface area contributed by atoms with Crippen LogP contribution in [0.5, 0.6) is 11.5 Å². The van der Waals surface area contributed by atoms with Crippen LogP contribution >= 0.6 is 0 Å². The molecular formula is C30H38N2O10. The van der Waals surface area contributed by atoms with Crippen molar-refractivity contribution in [2.45, 2.75) is 88.7 Å². The molecule has 5 rings (SSSR count). The van der Waals surface area contributed by atoms with Crippen LogP contribution in [0.2, 0.25) is 0 Å². The van der Waals surface area contributed by atoms with Crippen LogP contribution in [0.4, 0.5) is 0 Å². The third kappa shape index (κ3) is 4.80. The fourth-order valence-electron chi connectivity index (χ4n) is 6.91. The topological polar surface area (TPSA) is 161 Å². The maximum Gasteiger partial charge on any atom is 0.329 e. The monoisotopic (exact) mass is 586 g/mol. The van der Waals surface area contributed by atoms with Crippen LogP contribution in [0.1, 0.15) is 58.1 Å². The Labute approximate surface area is 243 Å². The first kappa shape index (κ1) is 29.8. The first-order valence-electron chi connectivity index (χ1n) is 14.3. The van der Waals surface area contributed by atoms with E-state index in [2.05, 4.69) is 10.2 Å². The first-order valence-corrected chi connectivity index (χ1v) is 14.3. The van der Waals surface area contributed by atoms with Crippen molar-refractivity contribution in [3.63, 3.8) is 0 Å². The average molecular weight is 587 g/mol. The lowest BCUT2D eigenvalue weighted by Crippen LogP contribution is -2.74. The van der Waals surface area contributed by atoms with Crippen molar-refractivity contribution in [1.29, 1.82) is 0 Å². The number of nitrogens with one attached hydrogen (secondary N) is 1. The number of likely N-dealkylation sites (N-methyl/N-ethyl adjacent to an activating group) is 1. The van der Waals surface area contributed by atoms with Crippen LogP contribution in [0.15, 0.2) is 24.0 Å². The molecule has 0 radical (unpaired) electrons. The van der Waals surface area contributed by atoms with Crippen LogP contribution < -0.4 is 10.1 Å². The van der Waals surface area contributed by atoms with Gasteiger partial charge < -0.3 is 39.4 Å². The van der Waals surface area contributed by atoms with Gasteiger partial charge in [0.1, 0.15) is 11.8 Å². The zero-order chi connectivity index (χ0) is 30.6. The molecule has 1 aromatic carbocycles. The summed E-state index contributed by atoms with van der Waals surface area (Å²) in [6.07, 6.45) is 0.266. The van der Waals surface area contributed by atoms with Gasteiger partial charge in [-0.15, -0.1) is 0 Å². The Balaban J connectivity index is 1.39. The number of esters is 3. The Morgan fingerprint density at radius 1 is 1.21 bits per heavy atom. The van der Waals surface area contributed by atoms with Gasteiger partial charge in [-0.1, -0.05) is 19.9 Å². The number of likely N-dealkylation sites (tertiary alicyclic amines) is 1. The molecule has 228 valence electrons. The quantitative estimate of drug-likeness (QED) is 0.282. The van der Waals surface area contributed by atoms with Crippen molar-refractivity contribution in [2.75, 3.05) is 20.2 Å². The summed E-state index contributed by atoms with van der Waals surface area (Å²) in [5, 5.41) is 25.4. The van der Waals surface area contributed by atoms with Crippen LogP contribution in [-0.4, -0.2) is 89.0 Å². The highest BCUT2D eigenvalue weighted by Crippen LogP contribution is 2.65. The van der Waals surface area contributed by atoms with E-state index in [9.17, 15) is 29.4 Å². The predicted octanol–water partition coefficient (Wildman–Crippen LogP) is 1.24. The van der Waals surface area contributed by atoms with Crippen LogP contribution in [0.3, 0.4) is 0 Å². The Kier molecular flexibility index (Phi) is 7.73. The fourth-order valence-corrected chi connectivity index (χ4v) is 6.91. The van der Waals surface area contributed by atoms with Crippen LogP contribution in [0, 0.1) is 5.92 Å². The summed E-state index contributed by atoms with van der Waals surface area (Å²) in [4.78, 5) is 52.2.